The number of hydrogen-bond acceptors (Lipinski definition) is 3. The van der Waals surface area contributed by atoms with Crippen molar-refractivity contribution in [1.29, 1.82) is 0 Å². The SMILES string of the molecule is CCC(C)C1CN(CC2(SC)CC2)CCN1. The average molecular weight is 242 g/mol. The van der Waals surface area contributed by atoms with E-state index in [1.54, 1.807) is 0 Å². The second kappa shape index (κ2) is 5.28. The zero-order valence-corrected chi connectivity index (χ0v) is 11.8. The van der Waals surface area contributed by atoms with E-state index in [4.69, 9.17) is 0 Å². The van der Waals surface area contributed by atoms with Gasteiger partial charge in [0, 0.05) is 37.0 Å². The Kier molecular flexibility index (Phi) is 4.20. The van der Waals surface area contributed by atoms with Gasteiger partial charge in [-0.25, -0.2) is 0 Å². The first-order valence-corrected chi connectivity index (χ1v) is 7.92. The fraction of sp³-hybridized carbons (Fsp3) is 1.00. The van der Waals surface area contributed by atoms with Crippen molar-refractivity contribution in [3.05, 3.63) is 0 Å². The first-order valence-electron chi connectivity index (χ1n) is 6.70. The summed E-state index contributed by atoms with van der Waals surface area (Å²) in [6.07, 6.45) is 6.44. The van der Waals surface area contributed by atoms with Crippen molar-refractivity contribution in [3.63, 3.8) is 0 Å². The van der Waals surface area contributed by atoms with Crippen LogP contribution in [0.4, 0.5) is 0 Å². The maximum Gasteiger partial charge on any atom is 0.0285 e. The minimum absolute atomic E-state index is 0.636. The second-order valence-electron chi connectivity index (χ2n) is 5.57. The monoisotopic (exact) mass is 242 g/mol. The maximum atomic E-state index is 3.68. The van der Waals surface area contributed by atoms with Crippen LogP contribution in [-0.4, -0.2) is 48.1 Å². The normalized spacial score (nSPS) is 31.3. The summed E-state index contributed by atoms with van der Waals surface area (Å²) in [6, 6.07) is 0.719. The molecular weight excluding hydrogens is 216 g/mol. The van der Waals surface area contributed by atoms with Crippen LogP contribution in [0.3, 0.4) is 0 Å². The Hall–Kier alpha value is 0.270. The van der Waals surface area contributed by atoms with Crippen LogP contribution >= 0.6 is 11.8 Å². The smallest absolute Gasteiger partial charge is 0.0285 e. The van der Waals surface area contributed by atoms with Crippen LogP contribution in [0.2, 0.25) is 0 Å². The van der Waals surface area contributed by atoms with E-state index in [2.05, 4.69) is 42.1 Å². The Balaban J connectivity index is 1.82. The highest BCUT2D eigenvalue weighted by molar-refractivity contribution is 8.00. The van der Waals surface area contributed by atoms with Gasteiger partial charge in [0.05, 0.1) is 0 Å². The highest BCUT2D eigenvalue weighted by Crippen LogP contribution is 2.47. The summed E-state index contributed by atoms with van der Waals surface area (Å²) < 4.78 is 0.636. The molecule has 0 radical (unpaired) electrons. The number of hydrogen-bond donors (Lipinski definition) is 1. The van der Waals surface area contributed by atoms with Gasteiger partial charge in [-0.15, -0.1) is 0 Å². The molecule has 0 aromatic carbocycles. The van der Waals surface area contributed by atoms with Crippen molar-refractivity contribution in [3.8, 4) is 0 Å². The van der Waals surface area contributed by atoms with Crippen LogP contribution in [0.5, 0.6) is 0 Å². The lowest BCUT2D eigenvalue weighted by atomic mass is 9.97. The molecule has 3 heteroatoms. The van der Waals surface area contributed by atoms with Gasteiger partial charge in [-0.3, -0.25) is 4.90 Å². The molecule has 1 saturated carbocycles. The van der Waals surface area contributed by atoms with Gasteiger partial charge in [-0.1, -0.05) is 20.3 Å². The second-order valence-corrected chi connectivity index (χ2v) is 6.84. The lowest BCUT2D eigenvalue weighted by Gasteiger charge is -2.38. The largest absolute Gasteiger partial charge is 0.311 e. The summed E-state index contributed by atoms with van der Waals surface area (Å²) in [5.74, 6) is 0.812. The van der Waals surface area contributed by atoms with Crippen LogP contribution in [0.15, 0.2) is 0 Å². The van der Waals surface area contributed by atoms with Crippen LogP contribution in [0.1, 0.15) is 33.1 Å². The van der Waals surface area contributed by atoms with E-state index >= 15 is 0 Å². The van der Waals surface area contributed by atoms with Gasteiger partial charge >= 0.3 is 0 Å². The van der Waals surface area contributed by atoms with Gasteiger partial charge in [-0.2, -0.15) is 11.8 Å². The number of nitrogens with one attached hydrogen (secondary N) is 1. The van der Waals surface area contributed by atoms with Crippen LogP contribution in [0, 0.1) is 5.92 Å². The van der Waals surface area contributed by atoms with Crippen molar-refractivity contribution >= 4 is 11.8 Å². The first kappa shape index (κ1) is 12.7. The Morgan fingerprint density at radius 1 is 1.50 bits per heavy atom. The standard InChI is InChI=1S/C13H26N2S/c1-4-11(2)12-9-15(8-7-14-12)10-13(16-3)5-6-13/h11-12,14H,4-10H2,1-3H3. The highest BCUT2D eigenvalue weighted by atomic mass is 32.2. The van der Waals surface area contributed by atoms with Gasteiger partial charge in [0.15, 0.2) is 0 Å². The quantitative estimate of drug-likeness (QED) is 0.796. The van der Waals surface area contributed by atoms with E-state index < -0.39 is 0 Å². The minimum Gasteiger partial charge on any atom is -0.311 e. The van der Waals surface area contributed by atoms with Crippen LogP contribution in [-0.2, 0) is 0 Å². The molecule has 2 unspecified atom stereocenters. The summed E-state index contributed by atoms with van der Waals surface area (Å²) in [7, 11) is 0. The molecule has 1 N–H and O–H groups in total. The maximum absolute atomic E-state index is 3.68. The van der Waals surface area contributed by atoms with E-state index in [9.17, 15) is 0 Å². The number of rotatable bonds is 5. The zero-order valence-electron chi connectivity index (χ0n) is 11.0. The lowest BCUT2D eigenvalue weighted by molar-refractivity contribution is 0.167. The van der Waals surface area contributed by atoms with Gasteiger partial charge in [0.2, 0.25) is 0 Å². The van der Waals surface area contributed by atoms with Gasteiger partial charge in [-0.05, 0) is 25.0 Å². The van der Waals surface area contributed by atoms with E-state index in [0.29, 0.717) is 4.75 Å². The van der Waals surface area contributed by atoms with Crippen molar-refractivity contribution < 1.29 is 0 Å². The van der Waals surface area contributed by atoms with Crippen molar-refractivity contribution in [1.82, 2.24) is 10.2 Å². The van der Waals surface area contributed by atoms with Gasteiger partial charge in [0.25, 0.3) is 0 Å². The van der Waals surface area contributed by atoms with E-state index in [-0.39, 0.29) is 0 Å². The van der Waals surface area contributed by atoms with Crippen LogP contribution in [0.25, 0.3) is 0 Å². The molecule has 0 amide bonds. The zero-order chi connectivity index (χ0) is 11.6. The van der Waals surface area contributed by atoms with Gasteiger partial charge in [0.1, 0.15) is 0 Å². The Labute approximate surface area is 105 Å². The molecule has 1 aliphatic carbocycles. The van der Waals surface area contributed by atoms with Crippen molar-refractivity contribution in [2.45, 2.75) is 43.9 Å². The third-order valence-electron chi connectivity index (χ3n) is 4.37. The average Bonchev–Trinajstić information content (AvgIpc) is 3.09. The summed E-state index contributed by atoms with van der Waals surface area (Å²) >= 11 is 2.09. The molecule has 0 bridgehead atoms. The summed E-state index contributed by atoms with van der Waals surface area (Å²) in [5.41, 5.74) is 0. The molecule has 2 nitrogen and oxygen atoms in total. The molecule has 1 saturated heterocycles. The molecule has 2 atom stereocenters. The fourth-order valence-electron chi connectivity index (χ4n) is 2.63. The van der Waals surface area contributed by atoms with Crippen LogP contribution < -0.4 is 5.32 Å². The Morgan fingerprint density at radius 3 is 2.81 bits per heavy atom. The molecule has 2 rings (SSSR count). The summed E-state index contributed by atoms with van der Waals surface area (Å²) in [4.78, 5) is 2.69. The number of nitrogens with zero attached hydrogens (tertiary/aromatic N) is 1. The molecule has 1 aliphatic heterocycles. The fourth-order valence-corrected chi connectivity index (χ4v) is 3.45. The molecule has 1 heterocycles. The third-order valence-corrected chi connectivity index (χ3v) is 5.78. The van der Waals surface area contributed by atoms with E-state index in [1.807, 2.05) is 0 Å². The lowest BCUT2D eigenvalue weighted by Crippen LogP contribution is -2.54. The third kappa shape index (κ3) is 2.93. The predicted octanol–water partition coefficient (Wildman–Crippen LogP) is 2.20. The van der Waals surface area contributed by atoms with E-state index in [1.165, 1.54) is 45.4 Å². The van der Waals surface area contributed by atoms with Crippen molar-refractivity contribution in [2.75, 3.05) is 32.4 Å². The predicted molar refractivity (Wildman–Crippen MR) is 73.2 cm³/mol. The molecule has 0 spiro atoms. The molecule has 16 heavy (non-hydrogen) atoms. The number of thioether (sulfide) groups is 1. The van der Waals surface area contributed by atoms with Gasteiger partial charge < -0.3 is 5.32 Å². The molecule has 94 valence electrons. The molecular formula is C13H26N2S. The molecule has 0 aromatic rings. The Morgan fingerprint density at radius 2 is 2.25 bits per heavy atom. The topological polar surface area (TPSA) is 15.3 Å². The minimum atomic E-state index is 0.636. The molecule has 2 aliphatic rings. The highest BCUT2D eigenvalue weighted by Gasteiger charge is 2.43. The number of piperazine rings is 1. The van der Waals surface area contributed by atoms with Crippen molar-refractivity contribution in [2.24, 2.45) is 5.92 Å². The molecule has 0 aromatic heterocycles. The molecule has 2 fully saturated rings. The Bertz CT molecular complexity index is 228. The first-order chi connectivity index (χ1) is 7.69. The summed E-state index contributed by atoms with van der Waals surface area (Å²) in [5, 5.41) is 3.68. The van der Waals surface area contributed by atoms with E-state index in [0.717, 1.165) is 12.0 Å². The summed E-state index contributed by atoms with van der Waals surface area (Å²) in [6.45, 7) is 9.69.